The van der Waals surface area contributed by atoms with E-state index < -0.39 is 5.60 Å². The van der Waals surface area contributed by atoms with Gasteiger partial charge in [-0.1, -0.05) is 18.2 Å². The van der Waals surface area contributed by atoms with E-state index in [1.54, 1.807) is 6.92 Å². The predicted octanol–water partition coefficient (Wildman–Crippen LogP) is 3.26. The maximum atomic E-state index is 10.1. The standard InChI is InChI=1S/C17H21NO2/c1-12-4-7-16(10-13(12)2)20-15-8-5-14(6-9-15)17(3,19)11-18/h4-10,19H,11,18H2,1-3H3. The quantitative estimate of drug-likeness (QED) is 0.897. The fourth-order valence-electron chi connectivity index (χ4n) is 1.91. The van der Waals surface area contributed by atoms with Crippen LogP contribution in [0.5, 0.6) is 11.5 Å². The van der Waals surface area contributed by atoms with Crippen LogP contribution in [-0.4, -0.2) is 11.7 Å². The molecule has 1 atom stereocenters. The fourth-order valence-corrected chi connectivity index (χ4v) is 1.91. The second-order valence-corrected chi connectivity index (χ2v) is 5.35. The molecular formula is C17H21NO2. The van der Waals surface area contributed by atoms with Gasteiger partial charge in [0.2, 0.25) is 0 Å². The summed E-state index contributed by atoms with van der Waals surface area (Å²) in [5.74, 6) is 1.55. The molecule has 0 aromatic heterocycles. The van der Waals surface area contributed by atoms with Crippen LogP contribution >= 0.6 is 0 Å². The van der Waals surface area contributed by atoms with Crippen LogP contribution in [-0.2, 0) is 5.60 Å². The summed E-state index contributed by atoms with van der Waals surface area (Å²) in [6.45, 7) is 6.02. The Labute approximate surface area is 120 Å². The topological polar surface area (TPSA) is 55.5 Å². The smallest absolute Gasteiger partial charge is 0.127 e. The monoisotopic (exact) mass is 271 g/mol. The maximum absolute atomic E-state index is 10.1. The van der Waals surface area contributed by atoms with Crippen molar-refractivity contribution in [2.24, 2.45) is 5.73 Å². The predicted molar refractivity (Wildman–Crippen MR) is 81.1 cm³/mol. The lowest BCUT2D eigenvalue weighted by atomic mass is 9.96. The average molecular weight is 271 g/mol. The van der Waals surface area contributed by atoms with Crippen LogP contribution in [0.4, 0.5) is 0 Å². The Hall–Kier alpha value is -1.84. The number of benzene rings is 2. The molecule has 0 aliphatic rings. The number of nitrogens with two attached hydrogens (primary N) is 1. The molecule has 0 amide bonds. The van der Waals surface area contributed by atoms with Gasteiger partial charge in [0.1, 0.15) is 11.5 Å². The van der Waals surface area contributed by atoms with Crippen LogP contribution in [0.25, 0.3) is 0 Å². The molecule has 106 valence electrons. The summed E-state index contributed by atoms with van der Waals surface area (Å²) in [6, 6.07) is 13.4. The van der Waals surface area contributed by atoms with Crippen molar-refractivity contribution in [2.45, 2.75) is 26.4 Å². The third kappa shape index (κ3) is 3.18. The number of aryl methyl sites for hydroxylation is 2. The average Bonchev–Trinajstić information content (AvgIpc) is 2.43. The van der Waals surface area contributed by atoms with E-state index in [4.69, 9.17) is 10.5 Å². The van der Waals surface area contributed by atoms with Gasteiger partial charge in [0.05, 0.1) is 5.60 Å². The Kier molecular flexibility index (Phi) is 4.12. The van der Waals surface area contributed by atoms with Crippen LogP contribution in [0.3, 0.4) is 0 Å². The molecule has 2 aromatic rings. The zero-order valence-corrected chi connectivity index (χ0v) is 12.2. The van der Waals surface area contributed by atoms with Gasteiger partial charge in [0.15, 0.2) is 0 Å². The second-order valence-electron chi connectivity index (χ2n) is 5.35. The van der Waals surface area contributed by atoms with Gasteiger partial charge in [0, 0.05) is 6.54 Å². The Morgan fingerprint density at radius 1 is 1.00 bits per heavy atom. The highest BCUT2D eigenvalue weighted by Gasteiger charge is 2.20. The normalized spacial score (nSPS) is 13.8. The Morgan fingerprint density at radius 2 is 1.60 bits per heavy atom. The number of hydrogen-bond donors (Lipinski definition) is 2. The SMILES string of the molecule is Cc1ccc(Oc2ccc(C(C)(O)CN)cc2)cc1C. The van der Waals surface area contributed by atoms with Gasteiger partial charge in [0.25, 0.3) is 0 Å². The zero-order valence-electron chi connectivity index (χ0n) is 12.2. The zero-order chi connectivity index (χ0) is 14.8. The molecule has 0 fully saturated rings. The van der Waals surface area contributed by atoms with E-state index >= 15 is 0 Å². The molecule has 0 saturated heterocycles. The minimum Gasteiger partial charge on any atom is -0.457 e. The summed E-state index contributed by atoms with van der Waals surface area (Å²) in [5.41, 5.74) is 7.77. The molecule has 2 aromatic carbocycles. The van der Waals surface area contributed by atoms with Crippen LogP contribution in [0.1, 0.15) is 23.6 Å². The van der Waals surface area contributed by atoms with E-state index in [9.17, 15) is 5.11 Å². The van der Waals surface area contributed by atoms with Crippen molar-refractivity contribution in [3.8, 4) is 11.5 Å². The lowest BCUT2D eigenvalue weighted by Crippen LogP contribution is -2.31. The van der Waals surface area contributed by atoms with Crippen LogP contribution in [0.15, 0.2) is 42.5 Å². The summed E-state index contributed by atoms with van der Waals surface area (Å²) in [7, 11) is 0. The van der Waals surface area contributed by atoms with Crippen LogP contribution in [0, 0.1) is 13.8 Å². The third-order valence-electron chi connectivity index (χ3n) is 3.59. The summed E-state index contributed by atoms with van der Waals surface area (Å²) in [6.07, 6.45) is 0. The third-order valence-corrected chi connectivity index (χ3v) is 3.59. The van der Waals surface area contributed by atoms with Crippen LogP contribution in [0.2, 0.25) is 0 Å². The van der Waals surface area contributed by atoms with Crippen molar-refractivity contribution >= 4 is 0 Å². The molecule has 0 radical (unpaired) electrons. The minimum atomic E-state index is -1.00. The minimum absolute atomic E-state index is 0.185. The fraction of sp³-hybridized carbons (Fsp3) is 0.294. The van der Waals surface area contributed by atoms with E-state index in [1.165, 1.54) is 11.1 Å². The Bertz CT molecular complexity index is 588. The first-order valence-electron chi connectivity index (χ1n) is 6.70. The summed E-state index contributed by atoms with van der Waals surface area (Å²) in [5, 5.41) is 10.1. The lowest BCUT2D eigenvalue weighted by molar-refractivity contribution is 0.0668. The molecule has 20 heavy (non-hydrogen) atoms. The maximum Gasteiger partial charge on any atom is 0.127 e. The lowest BCUT2D eigenvalue weighted by Gasteiger charge is -2.21. The van der Waals surface area contributed by atoms with Gasteiger partial charge in [-0.2, -0.15) is 0 Å². The molecule has 2 rings (SSSR count). The first kappa shape index (κ1) is 14.6. The summed E-state index contributed by atoms with van der Waals surface area (Å²) >= 11 is 0. The molecule has 0 aliphatic heterocycles. The van der Waals surface area contributed by atoms with E-state index in [2.05, 4.69) is 13.8 Å². The van der Waals surface area contributed by atoms with Gasteiger partial charge >= 0.3 is 0 Å². The molecule has 0 aliphatic carbocycles. The summed E-state index contributed by atoms with van der Waals surface area (Å²) < 4.78 is 5.80. The Balaban J connectivity index is 2.16. The summed E-state index contributed by atoms with van der Waals surface area (Å²) in [4.78, 5) is 0. The highest BCUT2D eigenvalue weighted by atomic mass is 16.5. The molecule has 0 spiro atoms. The highest BCUT2D eigenvalue weighted by molar-refractivity contribution is 5.38. The van der Waals surface area contributed by atoms with Crippen LogP contribution < -0.4 is 10.5 Å². The molecule has 0 heterocycles. The molecule has 3 N–H and O–H groups in total. The van der Waals surface area contributed by atoms with Gasteiger partial charge in [-0.3, -0.25) is 0 Å². The molecule has 3 heteroatoms. The van der Waals surface area contributed by atoms with E-state index in [0.29, 0.717) is 0 Å². The van der Waals surface area contributed by atoms with Gasteiger partial charge < -0.3 is 15.6 Å². The van der Waals surface area contributed by atoms with Gasteiger partial charge in [-0.15, -0.1) is 0 Å². The van der Waals surface area contributed by atoms with Crippen molar-refractivity contribution < 1.29 is 9.84 Å². The molecule has 3 nitrogen and oxygen atoms in total. The first-order valence-corrected chi connectivity index (χ1v) is 6.70. The second kappa shape index (κ2) is 5.65. The molecule has 1 unspecified atom stereocenters. The van der Waals surface area contributed by atoms with Crippen molar-refractivity contribution in [1.82, 2.24) is 0 Å². The van der Waals surface area contributed by atoms with Crippen molar-refractivity contribution in [2.75, 3.05) is 6.54 Å². The Morgan fingerprint density at radius 3 is 2.15 bits per heavy atom. The van der Waals surface area contributed by atoms with E-state index in [1.807, 2.05) is 42.5 Å². The number of hydrogen-bond acceptors (Lipinski definition) is 3. The number of rotatable bonds is 4. The van der Waals surface area contributed by atoms with Crippen molar-refractivity contribution in [3.05, 3.63) is 59.2 Å². The van der Waals surface area contributed by atoms with Gasteiger partial charge in [-0.05, 0) is 61.7 Å². The number of ether oxygens (including phenoxy) is 1. The molecule has 0 saturated carbocycles. The van der Waals surface area contributed by atoms with Crippen molar-refractivity contribution in [3.63, 3.8) is 0 Å². The van der Waals surface area contributed by atoms with E-state index in [-0.39, 0.29) is 6.54 Å². The molecular weight excluding hydrogens is 250 g/mol. The first-order chi connectivity index (χ1) is 9.42. The van der Waals surface area contributed by atoms with Crippen molar-refractivity contribution in [1.29, 1.82) is 0 Å². The molecule has 0 bridgehead atoms. The number of aliphatic hydroxyl groups is 1. The highest BCUT2D eigenvalue weighted by Crippen LogP contribution is 2.26. The van der Waals surface area contributed by atoms with Gasteiger partial charge in [-0.25, -0.2) is 0 Å². The van der Waals surface area contributed by atoms with E-state index in [0.717, 1.165) is 17.1 Å². The largest absolute Gasteiger partial charge is 0.457 e.